The summed E-state index contributed by atoms with van der Waals surface area (Å²) < 4.78 is 0.957. The molecule has 0 aliphatic heterocycles. The van der Waals surface area contributed by atoms with Gasteiger partial charge in [-0.25, -0.2) is 0 Å². The van der Waals surface area contributed by atoms with E-state index in [-0.39, 0.29) is 11.4 Å². The van der Waals surface area contributed by atoms with Gasteiger partial charge in [-0.15, -0.1) is 0 Å². The first kappa shape index (κ1) is 14.8. The Kier molecular flexibility index (Phi) is 5.02. The molecule has 5 heteroatoms. The molecule has 0 aliphatic carbocycles. The number of amides is 1. The lowest BCUT2D eigenvalue weighted by Crippen LogP contribution is -2.41. The maximum absolute atomic E-state index is 11.6. The Morgan fingerprint density at radius 3 is 2.67 bits per heavy atom. The molecule has 4 N–H and O–H groups in total. The Morgan fingerprint density at radius 1 is 1.39 bits per heavy atom. The van der Waals surface area contributed by atoms with Gasteiger partial charge in [-0.2, -0.15) is 0 Å². The van der Waals surface area contributed by atoms with Crippen molar-refractivity contribution in [2.45, 2.75) is 32.7 Å². The minimum atomic E-state index is -0.189. The fourth-order valence-corrected chi connectivity index (χ4v) is 1.83. The molecular weight excluding hydrogens is 294 g/mol. The summed E-state index contributed by atoms with van der Waals surface area (Å²) in [5.41, 5.74) is 7.15. The molecule has 0 atom stereocenters. The highest BCUT2D eigenvalue weighted by Crippen LogP contribution is 2.23. The van der Waals surface area contributed by atoms with Crippen LogP contribution in [0.5, 0.6) is 0 Å². The van der Waals surface area contributed by atoms with Gasteiger partial charge in [0, 0.05) is 23.0 Å². The van der Waals surface area contributed by atoms with E-state index >= 15 is 0 Å². The van der Waals surface area contributed by atoms with Crippen LogP contribution in [0.4, 0.5) is 11.4 Å². The quantitative estimate of drug-likeness (QED) is 0.749. The lowest BCUT2D eigenvalue weighted by atomic mass is 10.1. The smallest absolute Gasteiger partial charge is 0.222 e. The number of anilines is 2. The first-order chi connectivity index (χ1) is 8.28. The van der Waals surface area contributed by atoms with Crippen LogP contribution in [0.1, 0.15) is 27.2 Å². The van der Waals surface area contributed by atoms with Crippen LogP contribution >= 0.6 is 15.9 Å². The molecule has 0 saturated heterocycles. The summed E-state index contributed by atoms with van der Waals surface area (Å²) >= 11 is 3.38. The van der Waals surface area contributed by atoms with Crippen molar-refractivity contribution in [1.29, 1.82) is 0 Å². The third kappa shape index (κ3) is 5.40. The van der Waals surface area contributed by atoms with Crippen molar-refractivity contribution >= 4 is 33.2 Å². The molecule has 0 aliphatic rings. The van der Waals surface area contributed by atoms with Gasteiger partial charge in [-0.05, 0) is 39.0 Å². The third-order valence-electron chi connectivity index (χ3n) is 2.20. The van der Waals surface area contributed by atoms with E-state index in [0.29, 0.717) is 18.7 Å². The van der Waals surface area contributed by atoms with E-state index in [0.717, 1.165) is 10.2 Å². The van der Waals surface area contributed by atoms with Crippen LogP contribution < -0.4 is 16.4 Å². The second-order valence-corrected chi connectivity index (χ2v) is 6.12. The van der Waals surface area contributed by atoms with E-state index in [1.54, 1.807) is 0 Å². The van der Waals surface area contributed by atoms with Crippen LogP contribution in [-0.2, 0) is 4.79 Å². The summed E-state index contributed by atoms with van der Waals surface area (Å²) in [6.45, 7) is 6.45. The van der Waals surface area contributed by atoms with Gasteiger partial charge in [0.1, 0.15) is 0 Å². The molecule has 0 radical (unpaired) electrons. The topological polar surface area (TPSA) is 67.2 Å². The standard InChI is InChI=1S/C13H20BrN3O/c1-13(2,3)17-12(18)6-7-16-11-8-9(14)4-5-10(11)15/h4-5,8,16H,6-7,15H2,1-3H3,(H,17,18). The van der Waals surface area contributed by atoms with Crippen LogP contribution in [0.3, 0.4) is 0 Å². The van der Waals surface area contributed by atoms with Crippen molar-refractivity contribution in [2.24, 2.45) is 0 Å². The molecule has 0 unspecified atom stereocenters. The van der Waals surface area contributed by atoms with Crippen LogP contribution in [0.15, 0.2) is 22.7 Å². The zero-order chi connectivity index (χ0) is 13.8. The monoisotopic (exact) mass is 313 g/mol. The van der Waals surface area contributed by atoms with Gasteiger partial charge >= 0.3 is 0 Å². The summed E-state index contributed by atoms with van der Waals surface area (Å²) in [6.07, 6.45) is 0.420. The predicted molar refractivity (Wildman–Crippen MR) is 79.6 cm³/mol. The summed E-state index contributed by atoms with van der Waals surface area (Å²) in [5.74, 6) is 0.0311. The maximum Gasteiger partial charge on any atom is 0.222 e. The number of hydrogen-bond acceptors (Lipinski definition) is 3. The van der Waals surface area contributed by atoms with E-state index < -0.39 is 0 Å². The van der Waals surface area contributed by atoms with E-state index in [1.165, 1.54) is 0 Å². The van der Waals surface area contributed by atoms with Crippen LogP contribution in [0.25, 0.3) is 0 Å². The zero-order valence-electron chi connectivity index (χ0n) is 11.0. The molecule has 0 fully saturated rings. The first-order valence-corrected chi connectivity index (χ1v) is 6.67. The van der Waals surface area contributed by atoms with Gasteiger partial charge in [-0.1, -0.05) is 15.9 Å². The Balaban J connectivity index is 2.42. The van der Waals surface area contributed by atoms with Crippen molar-refractivity contribution in [3.8, 4) is 0 Å². The van der Waals surface area contributed by atoms with Crippen molar-refractivity contribution in [3.05, 3.63) is 22.7 Å². The Morgan fingerprint density at radius 2 is 2.06 bits per heavy atom. The minimum Gasteiger partial charge on any atom is -0.397 e. The number of carbonyl (C=O) groups excluding carboxylic acids is 1. The maximum atomic E-state index is 11.6. The predicted octanol–water partition coefficient (Wildman–Crippen LogP) is 2.75. The molecule has 0 bridgehead atoms. The molecule has 4 nitrogen and oxygen atoms in total. The lowest BCUT2D eigenvalue weighted by Gasteiger charge is -2.20. The van der Waals surface area contributed by atoms with Gasteiger partial charge in [0.05, 0.1) is 11.4 Å². The molecule has 1 aromatic rings. The molecular formula is C13H20BrN3O. The summed E-state index contributed by atoms with van der Waals surface area (Å²) in [6, 6.07) is 5.60. The highest BCUT2D eigenvalue weighted by atomic mass is 79.9. The van der Waals surface area contributed by atoms with Gasteiger partial charge in [0.2, 0.25) is 5.91 Å². The molecule has 0 heterocycles. The molecule has 0 spiro atoms. The van der Waals surface area contributed by atoms with E-state index in [4.69, 9.17) is 5.73 Å². The second-order valence-electron chi connectivity index (χ2n) is 5.21. The highest BCUT2D eigenvalue weighted by molar-refractivity contribution is 9.10. The average Bonchev–Trinajstić information content (AvgIpc) is 2.20. The second kappa shape index (κ2) is 6.09. The van der Waals surface area contributed by atoms with Crippen molar-refractivity contribution in [3.63, 3.8) is 0 Å². The highest BCUT2D eigenvalue weighted by Gasteiger charge is 2.13. The normalized spacial score (nSPS) is 11.1. The number of benzene rings is 1. The lowest BCUT2D eigenvalue weighted by molar-refractivity contribution is -0.122. The summed E-state index contributed by atoms with van der Waals surface area (Å²) in [7, 11) is 0. The van der Waals surface area contributed by atoms with Crippen molar-refractivity contribution < 1.29 is 4.79 Å². The van der Waals surface area contributed by atoms with E-state index in [1.807, 2.05) is 39.0 Å². The van der Waals surface area contributed by atoms with Crippen molar-refractivity contribution in [1.82, 2.24) is 5.32 Å². The van der Waals surface area contributed by atoms with Gasteiger partial charge < -0.3 is 16.4 Å². The largest absolute Gasteiger partial charge is 0.397 e. The van der Waals surface area contributed by atoms with Crippen LogP contribution in [0.2, 0.25) is 0 Å². The Bertz CT molecular complexity index is 427. The number of nitrogens with two attached hydrogens (primary N) is 1. The Hall–Kier alpha value is -1.23. The number of rotatable bonds is 4. The van der Waals surface area contributed by atoms with Crippen molar-refractivity contribution in [2.75, 3.05) is 17.6 Å². The molecule has 100 valence electrons. The molecule has 1 rings (SSSR count). The number of halogens is 1. The van der Waals surface area contributed by atoms with E-state index in [2.05, 4.69) is 26.6 Å². The average molecular weight is 314 g/mol. The summed E-state index contributed by atoms with van der Waals surface area (Å²) in [5, 5.41) is 6.07. The number of carbonyl (C=O) groups is 1. The van der Waals surface area contributed by atoms with Gasteiger partial charge in [0.25, 0.3) is 0 Å². The fourth-order valence-electron chi connectivity index (χ4n) is 1.47. The fraction of sp³-hybridized carbons (Fsp3) is 0.462. The van der Waals surface area contributed by atoms with Gasteiger partial charge in [0.15, 0.2) is 0 Å². The van der Waals surface area contributed by atoms with Gasteiger partial charge in [-0.3, -0.25) is 4.79 Å². The number of nitrogen functional groups attached to an aromatic ring is 1. The first-order valence-electron chi connectivity index (χ1n) is 5.88. The third-order valence-corrected chi connectivity index (χ3v) is 2.69. The zero-order valence-corrected chi connectivity index (χ0v) is 12.6. The molecule has 0 saturated carbocycles. The number of hydrogen-bond donors (Lipinski definition) is 3. The van der Waals surface area contributed by atoms with E-state index in [9.17, 15) is 4.79 Å². The molecule has 1 aromatic carbocycles. The SMILES string of the molecule is CC(C)(C)NC(=O)CCNc1cc(Br)ccc1N. The molecule has 18 heavy (non-hydrogen) atoms. The molecule has 0 aromatic heterocycles. The van der Waals surface area contributed by atoms with Crippen LogP contribution in [0, 0.1) is 0 Å². The minimum absolute atomic E-state index is 0.0311. The van der Waals surface area contributed by atoms with Crippen LogP contribution in [-0.4, -0.2) is 18.0 Å². The Labute approximate surface area is 116 Å². The summed E-state index contributed by atoms with van der Waals surface area (Å²) in [4.78, 5) is 11.6. The molecule has 1 amide bonds. The number of nitrogens with one attached hydrogen (secondary N) is 2.